The third-order valence-electron chi connectivity index (χ3n) is 2.89. The van der Waals surface area contributed by atoms with Gasteiger partial charge < -0.3 is 9.84 Å². The lowest BCUT2D eigenvalue weighted by molar-refractivity contribution is -0.109. The minimum absolute atomic E-state index is 0.0195. The molecule has 0 atom stereocenters. The van der Waals surface area contributed by atoms with Crippen molar-refractivity contribution < 1.29 is 14.6 Å². The van der Waals surface area contributed by atoms with Crippen LogP contribution in [0.1, 0.15) is 10.4 Å². The number of rotatable bonds is 4. The van der Waals surface area contributed by atoms with Gasteiger partial charge in [0.1, 0.15) is 5.41 Å². The highest BCUT2D eigenvalue weighted by molar-refractivity contribution is 7.98. The molecular formula is C12H14O3S. The van der Waals surface area contributed by atoms with Gasteiger partial charge in [-0.15, -0.1) is 11.8 Å². The molecule has 1 heterocycles. The molecule has 2 rings (SSSR count). The predicted molar refractivity (Wildman–Crippen MR) is 62.9 cm³/mol. The number of aliphatic hydroxyl groups excluding tert-OH is 1. The quantitative estimate of drug-likeness (QED) is 0.639. The van der Waals surface area contributed by atoms with E-state index in [1.807, 2.05) is 30.5 Å². The molecule has 1 fully saturated rings. The number of hydrogen-bond acceptors (Lipinski definition) is 4. The number of aliphatic hydroxyl groups is 1. The molecular weight excluding hydrogens is 224 g/mol. The smallest absolute Gasteiger partial charge is 0.175 e. The molecule has 0 unspecified atom stereocenters. The average molecular weight is 238 g/mol. The van der Waals surface area contributed by atoms with Crippen molar-refractivity contribution in [3.8, 4) is 0 Å². The van der Waals surface area contributed by atoms with Crippen molar-refractivity contribution in [3.05, 3.63) is 29.8 Å². The summed E-state index contributed by atoms with van der Waals surface area (Å²) < 4.78 is 5.03. The van der Waals surface area contributed by atoms with Gasteiger partial charge in [0.05, 0.1) is 19.8 Å². The van der Waals surface area contributed by atoms with Crippen molar-refractivity contribution in [2.24, 2.45) is 5.41 Å². The maximum Gasteiger partial charge on any atom is 0.175 e. The van der Waals surface area contributed by atoms with Gasteiger partial charge in [0.25, 0.3) is 0 Å². The topological polar surface area (TPSA) is 46.5 Å². The molecule has 1 aromatic carbocycles. The van der Waals surface area contributed by atoms with Crippen molar-refractivity contribution in [2.45, 2.75) is 4.90 Å². The van der Waals surface area contributed by atoms with Gasteiger partial charge in [0.2, 0.25) is 0 Å². The fraction of sp³-hybridized carbons (Fsp3) is 0.417. The van der Waals surface area contributed by atoms with Crippen molar-refractivity contribution in [2.75, 3.05) is 26.1 Å². The second kappa shape index (κ2) is 4.57. The number of hydrogen-bond donors (Lipinski definition) is 1. The highest BCUT2D eigenvalue weighted by Gasteiger charge is 2.45. The van der Waals surface area contributed by atoms with Gasteiger partial charge in [-0.3, -0.25) is 4.79 Å². The van der Waals surface area contributed by atoms with Crippen LogP contribution in [-0.4, -0.2) is 37.0 Å². The first-order chi connectivity index (χ1) is 7.72. The van der Waals surface area contributed by atoms with Crippen LogP contribution in [0, 0.1) is 5.41 Å². The summed E-state index contributed by atoms with van der Waals surface area (Å²) in [5.74, 6) is -0.0195. The van der Waals surface area contributed by atoms with E-state index in [1.54, 1.807) is 11.8 Å². The first kappa shape index (κ1) is 11.6. The summed E-state index contributed by atoms with van der Waals surface area (Å²) in [6.45, 7) is 0.509. The minimum atomic E-state index is -0.694. The Balaban J connectivity index is 2.20. The third-order valence-corrected chi connectivity index (χ3v) is 3.64. The molecule has 1 N–H and O–H groups in total. The van der Waals surface area contributed by atoms with E-state index < -0.39 is 5.41 Å². The maximum atomic E-state index is 12.1. The van der Waals surface area contributed by atoms with Crippen LogP contribution >= 0.6 is 11.8 Å². The van der Waals surface area contributed by atoms with E-state index >= 15 is 0 Å². The summed E-state index contributed by atoms with van der Waals surface area (Å²) in [5, 5.41) is 9.26. The third kappa shape index (κ3) is 1.88. The number of carbonyl (C=O) groups excluding carboxylic acids is 1. The summed E-state index contributed by atoms with van der Waals surface area (Å²) in [7, 11) is 0. The van der Waals surface area contributed by atoms with Crippen molar-refractivity contribution >= 4 is 17.5 Å². The van der Waals surface area contributed by atoms with Crippen LogP contribution in [0.5, 0.6) is 0 Å². The second-order valence-electron chi connectivity index (χ2n) is 3.99. The highest BCUT2D eigenvalue weighted by Crippen LogP contribution is 2.31. The number of Topliss-reactive ketones (excluding diaryl/α,β-unsaturated/α-hetero) is 1. The molecule has 1 aliphatic rings. The molecule has 0 amide bonds. The molecule has 0 aromatic heterocycles. The van der Waals surface area contributed by atoms with Crippen molar-refractivity contribution in [3.63, 3.8) is 0 Å². The molecule has 1 aliphatic heterocycles. The number of carbonyl (C=O) groups is 1. The lowest BCUT2D eigenvalue weighted by Gasteiger charge is -2.38. The van der Waals surface area contributed by atoms with Gasteiger partial charge in [-0.25, -0.2) is 0 Å². The Morgan fingerprint density at radius 1 is 1.44 bits per heavy atom. The molecule has 1 aromatic rings. The molecule has 16 heavy (non-hydrogen) atoms. The highest BCUT2D eigenvalue weighted by atomic mass is 32.2. The Morgan fingerprint density at radius 3 is 2.44 bits per heavy atom. The van der Waals surface area contributed by atoms with Gasteiger partial charge >= 0.3 is 0 Å². The molecule has 0 spiro atoms. The Bertz CT molecular complexity index is 376. The Morgan fingerprint density at radius 2 is 2.06 bits per heavy atom. The fourth-order valence-corrected chi connectivity index (χ4v) is 2.10. The van der Waals surface area contributed by atoms with Gasteiger partial charge in [0, 0.05) is 10.5 Å². The summed E-state index contributed by atoms with van der Waals surface area (Å²) in [6, 6.07) is 7.46. The van der Waals surface area contributed by atoms with Gasteiger partial charge in [0.15, 0.2) is 5.78 Å². The molecule has 3 nitrogen and oxygen atoms in total. The van der Waals surface area contributed by atoms with Crippen LogP contribution < -0.4 is 0 Å². The summed E-state index contributed by atoms with van der Waals surface area (Å²) in [6.07, 6.45) is 1.99. The van der Waals surface area contributed by atoms with E-state index in [4.69, 9.17) is 4.74 Å². The van der Waals surface area contributed by atoms with Crippen LogP contribution in [0.15, 0.2) is 29.2 Å². The minimum Gasteiger partial charge on any atom is -0.395 e. The van der Waals surface area contributed by atoms with Crippen LogP contribution in [0.3, 0.4) is 0 Å². The van der Waals surface area contributed by atoms with Crippen LogP contribution in [0.4, 0.5) is 0 Å². The monoisotopic (exact) mass is 238 g/mol. The Kier molecular flexibility index (Phi) is 3.33. The number of benzene rings is 1. The molecule has 1 saturated heterocycles. The van der Waals surface area contributed by atoms with E-state index in [0.717, 1.165) is 4.90 Å². The molecule has 86 valence electrons. The van der Waals surface area contributed by atoms with E-state index in [0.29, 0.717) is 18.8 Å². The van der Waals surface area contributed by atoms with Crippen molar-refractivity contribution in [1.29, 1.82) is 0 Å². The summed E-state index contributed by atoms with van der Waals surface area (Å²) >= 11 is 1.64. The Labute approximate surface area is 98.8 Å². The van der Waals surface area contributed by atoms with Crippen LogP contribution in [-0.2, 0) is 4.74 Å². The van der Waals surface area contributed by atoms with Crippen LogP contribution in [0.2, 0.25) is 0 Å². The van der Waals surface area contributed by atoms with Gasteiger partial charge in [-0.05, 0) is 18.4 Å². The zero-order chi connectivity index (χ0) is 11.6. The zero-order valence-corrected chi connectivity index (χ0v) is 9.92. The van der Waals surface area contributed by atoms with E-state index in [1.165, 1.54) is 0 Å². The van der Waals surface area contributed by atoms with E-state index in [-0.39, 0.29) is 12.4 Å². The van der Waals surface area contributed by atoms with E-state index in [9.17, 15) is 9.90 Å². The van der Waals surface area contributed by atoms with Gasteiger partial charge in [-0.1, -0.05) is 12.1 Å². The molecule has 0 radical (unpaired) electrons. The molecule has 0 saturated carbocycles. The maximum absolute atomic E-state index is 12.1. The average Bonchev–Trinajstić information content (AvgIpc) is 2.28. The first-order valence-corrected chi connectivity index (χ1v) is 6.32. The van der Waals surface area contributed by atoms with Crippen molar-refractivity contribution in [1.82, 2.24) is 0 Å². The van der Waals surface area contributed by atoms with Gasteiger partial charge in [-0.2, -0.15) is 0 Å². The number of thioether (sulfide) groups is 1. The van der Waals surface area contributed by atoms with E-state index in [2.05, 4.69) is 0 Å². The zero-order valence-electron chi connectivity index (χ0n) is 9.10. The normalized spacial score (nSPS) is 17.9. The number of ketones is 1. The molecule has 0 aliphatic carbocycles. The van der Waals surface area contributed by atoms with Crippen LogP contribution in [0.25, 0.3) is 0 Å². The number of ether oxygens (including phenoxy) is 1. The lowest BCUT2D eigenvalue weighted by Crippen LogP contribution is -2.51. The summed E-state index contributed by atoms with van der Waals surface area (Å²) in [4.78, 5) is 13.3. The molecule has 0 bridgehead atoms. The summed E-state index contributed by atoms with van der Waals surface area (Å²) in [5.41, 5.74) is -0.0453. The lowest BCUT2D eigenvalue weighted by atomic mass is 9.79. The first-order valence-electron chi connectivity index (χ1n) is 5.09. The standard InChI is InChI=1S/C12H14O3S/c1-16-10-4-2-9(3-5-10)11(14)12(6-13)7-15-8-12/h2-5,13H,6-8H2,1H3. The Hall–Kier alpha value is -0.840. The molecule has 4 heteroatoms. The second-order valence-corrected chi connectivity index (χ2v) is 4.87. The largest absolute Gasteiger partial charge is 0.395 e. The predicted octanol–water partition coefficient (Wildman–Crippen LogP) is 1.60. The fourth-order valence-electron chi connectivity index (χ4n) is 1.69. The SMILES string of the molecule is CSc1ccc(C(=O)C2(CO)COC2)cc1.